The van der Waals surface area contributed by atoms with Gasteiger partial charge in [0, 0.05) is 18.0 Å². The van der Waals surface area contributed by atoms with Crippen LogP contribution in [0, 0.1) is 0 Å². The molecule has 1 aromatic heterocycles. The fourth-order valence-corrected chi connectivity index (χ4v) is 4.21. The molecule has 2 heterocycles. The van der Waals surface area contributed by atoms with E-state index in [9.17, 15) is 14.7 Å². The van der Waals surface area contributed by atoms with Crippen LogP contribution in [0.15, 0.2) is 11.4 Å². The minimum absolute atomic E-state index is 0.0222. The summed E-state index contributed by atoms with van der Waals surface area (Å²) in [6, 6.07) is 2.06. The largest absolute Gasteiger partial charge is 0.389 e. The third-order valence-corrected chi connectivity index (χ3v) is 5.64. The molecule has 1 aromatic rings. The van der Waals surface area contributed by atoms with E-state index in [0.29, 0.717) is 25.9 Å². The van der Waals surface area contributed by atoms with E-state index in [1.54, 1.807) is 16.2 Å². The quantitative estimate of drug-likeness (QED) is 0.881. The third-order valence-electron chi connectivity index (χ3n) is 4.62. The summed E-state index contributed by atoms with van der Waals surface area (Å²) in [7, 11) is 0. The lowest BCUT2D eigenvalue weighted by molar-refractivity contribution is -0.134. The monoisotopic (exact) mass is 322 g/mol. The molecule has 3 rings (SSSR count). The second kappa shape index (κ2) is 6.38. The highest BCUT2D eigenvalue weighted by Crippen LogP contribution is 2.32. The Morgan fingerprint density at radius 1 is 1.36 bits per heavy atom. The Balaban J connectivity index is 1.45. The molecule has 0 radical (unpaired) electrons. The van der Waals surface area contributed by atoms with Gasteiger partial charge in [-0.2, -0.15) is 0 Å². The van der Waals surface area contributed by atoms with Crippen molar-refractivity contribution in [2.45, 2.75) is 50.7 Å². The summed E-state index contributed by atoms with van der Waals surface area (Å²) in [6.07, 6.45) is 4.31. The molecule has 1 aliphatic carbocycles. The highest BCUT2D eigenvalue weighted by molar-refractivity contribution is 7.10. The van der Waals surface area contributed by atoms with Gasteiger partial charge in [-0.15, -0.1) is 11.3 Å². The fraction of sp³-hybridized carbons (Fsp3) is 0.625. The Hall–Kier alpha value is -1.40. The SMILES string of the molecule is O=C(CC1(O)CCCC1)NCC(=O)N1CCc2sccc2C1. The van der Waals surface area contributed by atoms with Crippen LogP contribution in [0.3, 0.4) is 0 Å². The van der Waals surface area contributed by atoms with Gasteiger partial charge >= 0.3 is 0 Å². The second-order valence-corrected chi connectivity index (χ2v) is 7.32. The van der Waals surface area contributed by atoms with E-state index in [4.69, 9.17) is 0 Å². The first-order valence-electron chi connectivity index (χ1n) is 7.88. The standard InChI is InChI=1S/C16H22N2O3S/c19-14(9-16(21)5-1-2-6-16)17-10-15(20)18-7-3-13-12(11-18)4-8-22-13/h4,8,21H,1-3,5-7,9-11H2,(H,17,19). The molecule has 1 fully saturated rings. The highest BCUT2D eigenvalue weighted by Gasteiger charge is 2.33. The van der Waals surface area contributed by atoms with Crippen LogP contribution in [0.25, 0.3) is 0 Å². The van der Waals surface area contributed by atoms with Crippen molar-refractivity contribution in [1.82, 2.24) is 10.2 Å². The average Bonchev–Trinajstić information content (AvgIpc) is 3.12. The number of carbonyl (C=O) groups is 2. The number of fused-ring (bicyclic) bond motifs is 1. The maximum absolute atomic E-state index is 12.2. The summed E-state index contributed by atoms with van der Waals surface area (Å²) in [6.45, 7) is 1.37. The van der Waals surface area contributed by atoms with Crippen LogP contribution >= 0.6 is 11.3 Å². The Morgan fingerprint density at radius 3 is 2.91 bits per heavy atom. The Bertz CT molecular complexity index is 563. The van der Waals surface area contributed by atoms with E-state index in [0.717, 1.165) is 19.3 Å². The number of thiophene rings is 1. The first-order valence-corrected chi connectivity index (χ1v) is 8.76. The molecule has 5 nitrogen and oxygen atoms in total. The number of carbonyl (C=O) groups excluding carboxylic acids is 2. The Labute approximate surface area is 134 Å². The molecule has 0 unspecified atom stereocenters. The summed E-state index contributed by atoms with van der Waals surface area (Å²) in [4.78, 5) is 27.3. The van der Waals surface area contributed by atoms with Crippen molar-refractivity contribution in [3.05, 3.63) is 21.9 Å². The van der Waals surface area contributed by atoms with Gasteiger partial charge in [0.05, 0.1) is 18.6 Å². The van der Waals surface area contributed by atoms with Gasteiger partial charge in [-0.05, 0) is 36.3 Å². The number of aliphatic hydroxyl groups is 1. The van der Waals surface area contributed by atoms with Gasteiger partial charge in [0.25, 0.3) is 0 Å². The van der Waals surface area contributed by atoms with Gasteiger partial charge < -0.3 is 15.3 Å². The van der Waals surface area contributed by atoms with Crippen molar-refractivity contribution < 1.29 is 14.7 Å². The van der Waals surface area contributed by atoms with Gasteiger partial charge in [0.2, 0.25) is 11.8 Å². The van der Waals surface area contributed by atoms with E-state index in [1.807, 2.05) is 0 Å². The predicted molar refractivity (Wildman–Crippen MR) is 84.5 cm³/mol. The summed E-state index contributed by atoms with van der Waals surface area (Å²) in [5.74, 6) is -0.283. The van der Waals surface area contributed by atoms with Gasteiger partial charge in [-0.3, -0.25) is 9.59 Å². The minimum Gasteiger partial charge on any atom is -0.389 e. The molecule has 0 aromatic carbocycles. The minimum atomic E-state index is -0.857. The van der Waals surface area contributed by atoms with E-state index in [1.165, 1.54) is 10.4 Å². The van der Waals surface area contributed by atoms with Gasteiger partial charge in [0.1, 0.15) is 0 Å². The fourth-order valence-electron chi connectivity index (χ4n) is 3.32. The molecule has 0 saturated heterocycles. The van der Waals surface area contributed by atoms with Crippen LogP contribution < -0.4 is 5.32 Å². The van der Waals surface area contributed by atoms with E-state index in [-0.39, 0.29) is 24.8 Å². The van der Waals surface area contributed by atoms with Crippen molar-refractivity contribution in [3.8, 4) is 0 Å². The molecule has 22 heavy (non-hydrogen) atoms. The third kappa shape index (κ3) is 3.50. The lowest BCUT2D eigenvalue weighted by atomic mass is 9.98. The molecule has 6 heteroatoms. The molecule has 1 saturated carbocycles. The van der Waals surface area contributed by atoms with Crippen molar-refractivity contribution in [1.29, 1.82) is 0 Å². The predicted octanol–water partition coefficient (Wildman–Crippen LogP) is 1.44. The van der Waals surface area contributed by atoms with E-state index in [2.05, 4.69) is 16.8 Å². The van der Waals surface area contributed by atoms with Crippen molar-refractivity contribution >= 4 is 23.2 Å². The number of hydrogen-bond donors (Lipinski definition) is 2. The second-order valence-electron chi connectivity index (χ2n) is 6.32. The average molecular weight is 322 g/mol. The number of nitrogens with one attached hydrogen (secondary N) is 1. The molecular formula is C16H22N2O3S. The number of amides is 2. The van der Waals surface area contributed by atoms with Crippen LogP contribution in [0.2, 0.25) is 0 Å². The molecular weight excluding hydrogens is 300 g/mol. The highest BCUT2D eigenvalue weighted by atomic mass is 32.1. The Kier molecular flexibility index (Phi) is 4.49. The van der Waals surface area contributed by atoms with Crippen LogP contribution in [0.4, 0.5) is 0 Å². The van der Waals surface area contributed by atoms with Gasteiger partial charge in [-0.25, -0.2) is 0 Å². The number of hydrogen-bond acceptors (Lipinski definition) is 4. The first-order chi connectivity index (χ1) is 10.6. The number of nitrogens with zero attached hydrogens (tertiary/aromatic N) is 1. The zero-order valence-corrected chi connectivity index (χ0v) is 13.5. The molecule has 0 bridgehead atoms. The first kappa shape index (κ1) is 15.5. The van der Waals surface area contributed by atoms with E-state index >= 15 is 0 Å². The van der Waals surface area contributed by atoms with Crippen LogP contribution in [0.1, 0.15) is 42.5 Å². The summed E-state index contributed by atoms with van der Waals surface area (Å²) in [5.41, 5.74) is 0.361. The van der Waals surface area contributed by atoms with Crippen LogP contribution in [-0.2, 0) is 22.6 Å². The molecule has 2 aliphatic rings. The zero-order chi connectivity index (χ0) is 15.6. The summed E-state index contributed by atoms with van der Waals surface area (Å²) in [5, 5.41) is 14.9. The molecule has 0 atom stereocenters. The Morgan fingerprint density at radius 2 is 2.14 bits per heavy atom. The topological polar surface area (TPSA) is 69.6 Å². The summed E-state index contributed by atoms with van der Waals surface area (Å²) < 4.78 is 0. The number of rotatable bonds is 4. The van der Waals surface area contributed by atoms with E-state index < -0.39 is 5.60 Å². The maximum atomic E-state index is 12.2. The normalized spacial score (nSPS) is 19.8. The zero-order valence-electron chi connectivity index (χ0n) is 12.6. The van der Waals surface area contributed by atoms with Crippen LogP contribution in [-0.4, -0.2) is 40.5 Å². The van der Waals surface area contributed by atoms with Crippen molar-refractivity contribution in [3.63, 3.8) is 0 Å². The van der Waals surface area contributed by atoms with Gasteiger partial charge in [-0.1, -0.05) is 12.8 Å². The lowest BCUT2D eigenvalue weighted by Crippen LogP contribution is -2.43. The molecule has 1 aliphatic heterocycles. The van der Waals surface area contributed by atoms with Crippen LogP contribution in [0.5, 0.6) is 0 Å². The molecule has 2 N–H and O–H groups in total. The summed E-state index contributed by atoms with van der Waals surface area (Å²) >= 11 is 1.74. The van der Waals surface area contributed by atoms with Crippen molar-refractivity contribution in [2.75, 3.05) is 13.1 Å². The lowest BCUT2D eigenvalue weighted by Gasteiger charge is -2.27. The van der Waals surface area contributed by atoms with Gasteiger partial charge in [0.15, 0.2) is 0 Å². The molecule has 120 valence electrons. The smallest absolute Gasteiger partial charge is 0.242 e. The molecule has 2 amide bonds. The molecule has 0 spiro atoms. The maximum Gasteiger partial charge on any atom is 0.242 e. The van der Waals surface area contributed by atoms with Crippen molar-refractivity contribution in [2.24, 2.45) is 0 Å².